The van der Waals surface area contributed by atoms with Gasteiger partial charge in [-0.2, -0.15) is 0 Å². The monoisotopic (exact) mass is 402 g/mol. The van der Waals surface area contributed by atoms with Crippen LogP contribution in [0.15, 0.2) is 4.99 Å². The quantitative estimate of drug-likeness (QED) is 0.495. The lowest BCUT2D eigenvalue weighted by Gasteiger charge is -2.40. The predicted molar refractivity (Wildman–Crippen MR) is 111 cm³/mol. The zero-order valence-electron chi connectivity index (χ0n) is 17.5. The number of aliphatic imine (C=N–C) groups is 1. The highest BCUT2D eigenvalue weighted by atomic mass is 32.2. The molecule has 2 saturated heterocycles. The van der Waals surface area contributed by atoms with Crippen molar-refractivity contribution < 1.29 is 13.2 Å². The predicted octanol–water partition coefficient (Wildman–Crippen LogP) is 1.40. The van der Waals surface area contributed by atoms with Crippen LogP contribution in [0.2, 0.25) is 0 Å². The third-order valence-electron chi connectivity index (χ3n) is 5.95. The molecule has 0 amide bonds. The Morgan fingerprint density at radius 3 is 2.33 bits per heavy atom. The Morgan fingerprint density at radius 1 is 1.15 bits per heavy atom. The van der Waals surface area contributed by atoms with Gasteiger partial charge < -0.3 is 15.4 Å². The number of hydrogen-bond acceptors (Lipinski definition) is 5. The van der Waals surface area contributed by atoms with Gasteiger partial charge in [0.1, 0.15) is 0 Å². The molecule has 158 valence electrons. The summed E-state index contributed by atoms with van der Waals surface area (Å²) in [6.45, 7) is 11.5. The summed E-state index contributed by atoms with van der Waals surface area (Å²) in [7, 11) is -3.19. The van der Waals surface area contributed by atoms with Crippen molar-refractivity contribution in [3.63, 3.8) is 0 Å². The van der Waals surface area contributed by atoms with Gasteiger partial charge in [0.2, 0.25) is 0 Å². The molecule has 0 bridgehead atoms. The number of rotatable bonds is 7. The van der Waals surface area contributed by atoms with E-state index in [0.717, 1.165) is 19.6 Å². The molecule has 7 nitrogen and oxygen atoms in total. The van der Waals surface area contributed by atoms with Crippen molar-refractivity contribution >= 4 is 15.8 Å². The van der Waals surface area contributed by atoms with E-state index in [1.807, 2.05) is 6.92 Å². The zero-order valence-corrected chi connectivity index (χ0v) is 18.3. The molecule has 0 aromatic carbocycles. The topological polar surface area (TPSA) is 83.0 Å². The Bertz CT molecular complexity index is 592. The van der Waals surface area contributed by atoms with E-state index in [1.54, 1.807) is 0 Å². The van der Waals surface area contributed by atoms with Crippen molar-refractivity contribution in [2.45, 2.75) is 63.2 Å². The van der Waals surface area contributed by atoms with Gasteiger partial charge in [-0.05, 0) is 59.5 Å². The molecule has 0 aliphatic carbocycles. The second-order valence-electron chi connectivity index (χ2n) is 8.48. The van der Waals surface area contributed by atoms with Crippen molar-refractivity contribution in [1.29, 1.82) is 0 Å². The standard InChI is InChI=1S/C19H38N4O3S/c1-5-20-17(21-15-18(2,3)23-11-7-6-8-12-23)22-16-19(27(4,24)25)9-13-26-14-10-19/h5-16H2,1-4H3,(H2,20,21,22). The van der Waals surface area contributed by atoms with E-state index in [9.17, 15) is 8.42 Å². The molecule has 0 atom stereocenters. The van der Waals surface area contributed by atoms with Crippen LogP contribution < -0.4 is 10.6 Å². The molecule has 2 aliphatic heterocycles. The van der Waals surface area contributed by atoms with Crippen LogP contribution >= 0.6 is 0 Å². The Morgan fingerprint density at radius 2 is 1.78 bits per heavy atom. The zero-order chi connectivity index (χ0) is 20.0. The number of likely N-dealkylation sites (tertiary alicyclic amines) is 1. The molecule has 8 heteroatoms. The maximum absolute atomic E-state index is 12.4. The lowest BCUT2D eigenvalue weighted by atomic mass is 9.98. The van der Waals surface area contributed by atoms with Gasteiger partial charge in [-0.1, -0.05) is 6.42 Å². The molecule has 2 rings (SSSR count). The Balaban J connectivity index is 2.04. The summed E-state index contributed by atoms with van der Waals surface area (Å²) in [4.78, 5) is 7.30. The van der Waals surface area contributed by atoms with Gasteiger partial charge >= 0.3 is 0 Å². The minimum Gasteiger partial charge on any atom is -0.381 e. The van der Waals surface area contributed by atoms with Gasteiger partial charge in [-0.3, -0.25) is 9.89 Å². The number of sulfone groups is 1. The van der Waals surface area contributed by atoms with Crippen LogP contribution in [0.1, 0.15) is 52.9 Å². The normalized spacial score (nSPS) is 22.4. The molecular formula is C19H38N4O3S. The van der Waals surface area contributed by atoms with E-state index in [-0.39, 0.29) is 5.54 Å². The number of ether oxygens (including phenoxy) is 1. The van der Waals surface area contributed by atoms with E-state index < -0.39 is 14.6 Å². The van der Waals surface area contributed by atoms with E-state index in [4.69, 9.17) is 9.73 Å². The van der Waals surface area contributed by atoms with Crippen LogP contribution in [-0.2, 0) is 14.6 Å². The fraction of sp³-hybridized carbons (Fsp3) is 0.947. The second-order valence-corrected chi connectivity index (χ2v) is 10.9. The van der Waals surface area contributed by atoms with Crippen LogP contribution in [0.25, 0.3) is 0 Å². The lowest BCUT2D eigenvalue weighted by molar-refractivity contribution is 0.0756. The third kappa shape index (κ3) is 6.06. The van der Waals surface area contributed by atoms with Gasteiger partial charge in [0.05, 0.1) is 11.3 Å². The Labute approximate surface area is 165 Å². The summed E-state index contributed by atoms with van der Waals surface area (Å²) in [5, 5.41) is 6.56. The first-order valence-corrected chi connectivity index (χ1v) is 12.1. The summed E-state index contributed by atoms with van der Waals surface area (Å²) >= 11 is 0. The first-order chi connectivity index (χ1) is 12.7. The van der Waals surface area contributed by atoms with Crippen molar-refractivity contribution in [3.05, 3.63) is 0 Å². The van der Waals surface area contributed by atoms with Crippen LogP contribution in [0.4, 0.5) is 0 Å². The number of nitrogens with one attached hydrogen (secondary N) is 2. The fourth-order valence-corrected chi connectivity index (χ4v) is 5.12. The van der Waals surface area contributed by atoms with E-state index in [2.05, 4.69) is 29.4 Å². The maximum atomic E-state index is 12.4. The summed E-state index contributed by atoms with van der Waals surface area (Å²) in [6.07, 6.45) is 6.21. The summed E-state index contributed by atoms with van der Waals surface area (Å²) in [5.74, 6) is 0.692. The highest BCUT2D eigenvalue weighted by Gasteiger charge is 2.42. The molecule has 0 aromatic rings. The SMILES string of the molecule is CCNC(=NCC(C)(C)N1CCCCC1)NCC1(S(C)(=O)=O)CCOCC1. The highest BCUT2D eigenvalue weighted by Crippen LogP contribution is 2.28. The van der Waals surface area contributed by atoms with Crippen molar-refractivity contribution in [3.8, 4) is 0 Å². The minimum absolute atomic E-state index is 0.00400. The molecule has 2 aliphatic rings. The molecular weight excluding hydrogens is 364 g/mol. The van der Waals surface area contributed by atoms with Crippen molar-refractivity contribution in [1.82, 2.24) is 15.5 Å². The molecule has 2 fully saturated rings. The fourth-order valence-electron chi connectivity index (χ4n) is 3.88. The maximum Gasteiger partial charge on any atom is 0.191 e. The average molecular weight is 403 g/mol. The van der Waals surface area contributed by atoms with Gasteiger partial charge in [0.15, 0.2) is 15.8 Å². The van der Waals surface area contributed by atoms with Crippen LogP contribution in [-0.4, -0.2) is 81.8 Å². The summed E-state index contributed by atoms with van der Waals surface area (Å²) < 4.78 is 29.5. The average Bonchev–Trinajstić information content (AvgIpc) is 2.64. The van der Waals surface area contributed by atoms with Crippen LogP contribution in [0, 0.1) is 0 Å². The molecule has 2 heterocycles. The van der Waals surface area contributed by atoms with Gasteiger partial charge in [-0.15, -0.1) is 0 Å². The number of piperidine rings is 1. The van der Waals surface area contributed by atoms with Crippen LogP contribution in [0.5, 0.6) is 0 Å². The third-order valence-corrected chi connectivity index (χ3v) is 8.07. The molecule has 27 heavy (non-hydrogen) atoms. The van der Waals surface area contributed by atoms with Crippen molar-refractivity contribution in [2.24, 2.45) is 4.99 Å². The van der Waals surface area contributed by atoms with Crippen LogP contribution in [0.3, 0.4) is 0 Å². The van der Waals surface area contributed by atoms with Gasteiger partial charge in [0.25, 0.3) is 0 Å². The molecule has 2 N–H and O–H groups in total. The first-order valence-electron chi connectivity index (χ1n) is 10.2. The Hall–Kier alpha value is -0.860. The minimum atomic E-state index is -3.19. The Kier molecular flexibility index (Phi) is 7.94. The smallest absolute Gasteiger partial charge is 0.191 e. The van der Waals surface area contributed by atoms with Gasteiger partial charge in [-0.25, -0.2) is 8.42 Å². The molecule has 0 unspecified atom stereocenters. The summed E-state index contributed by atoms with van der Waals surface area (Å²) in [6, 6.07) is 0. The van der Waals surface area contributed by atoms with Crippen molar-refractivity contribution in [2.75, 3.05) is 52.2 Å². The molecule has 0 aromatic heterocycles. The summed E-state index contributed by atoms with van der Waals surface area (Å²) in [5.41, 5.74) is -0.00400. The molecule has 0 saturated carbocycles. The van der Waals surface area contributed by atoms with E-state index in [1.165, 1.54) is 25.5 Å². The van der Waals surface area contributed by atoms with E-state index in [0.29, 0.717) is 45.1 Å². The number of nitrogens with zero attached hydrogens (tertiary/aromatic N) is 2. The molecule has 0 radical (unpaired) electrons. The first kappa shape index (κ1) is 22.4. The second kappa shape index (κ2) is 9.56. The largest absolute Gasteiger partial charge is 0.381 e. The van der Waals surface area contributed by atoms with E-state index >= 15 is 0 Å². The molecule has 0 spiro atoms. The number of guanidine groups is 1. The highest BCUT2D eigenvalue weighted by molar-refractivity contribution is 7.92. The number of hydrogen-bond donors (Lipinski definition) is 2. The lowest BCUT2D eigenvalue weighted by Crippen LogP contribution is -2.54. The van der Waals surface area contributed by atoms with Gasteiger partial charge in [0, 0.05) is 38.1 Å².